The molecule has 0 atom stereocenters. The largest absolute Gasteiger partial charge is 0.348 e. The molecule has 3 rings (SSSR count). The Morgan fingerprint density at radius 1 is 1.06 bits per heavy atom. The summed E-state index contributed by atoms with van der Waals surface area (Å²) >= 11 is 0. The van der Waals surface area contributed by atoms with Crippen molar-refractivity contribution in [2.75, 3.05) is 5.32 Å². The van der Waals surface area contributed by atoms with Crippen molar-refractivity contribution in [1.29, 1.82) is 0 Å². The van der Waals surface area contributed by atoms with Crippen LogP contribution in [0.3, 0.4) is 0 Å². The number of aryl methyl sites for hydroxylation is 2. The third kappa shape index (κ3) is 4.79. The average molecular weight is 422 g/mol. The number of hydrogen-bond acceptors (Lipinski definition) is 3. The van der Waals surface area contributed by atoms with E-state index >= 15 is 0 Å². The van der Waals surface area contributed by atoms with Gasteiger partial charge in [0.05, 0.1) is 0 Å². The summed E-state index contributed by atoms with van der Waals surface area (Å²) in [7, 11) is 0. The second-order valence-corrected chi connectivity index (χ2v) is 9.26. The SMILES string of the molecule is Cc1cc(C)c2c(c1C(=O)NCc1ccc(NC(=O)NC(C)C)cc1)CC(C)(C)C2=O. The first-order valence-electron chi connectivity index (χ1n) is 10.6. The lowest BCUT2D eigenvalue weighted by atomic mass is 9.88. The molecule has 0 heterocycles. The van der Waals surface area contributed by atoms with Crippen LogP contribution in [0.25, 0.3) is 0 Å². The molecule has 0 saturated heterocycles. The summed E-state index contributed by atoms with van der Waals surface area (Å²) in [5.74, 6) is -0.0589. The lowest BCUT2D eigenvalue weighted by Crippen LogP contribution is -2.34. The van der Waals surface area contributed by atoms with Gasteiger partial charge in [0.15, 0.2) is 5.78 Å². The first-order chi connectivity index (χ1) is 14.5. The zero-order chi connectivity index (χ0) is 22.9. The van der Waals surface area contributed by atoms with Crippen molar-refractivity contribution in [3.05, 3.63) is 63.7 Å². The standard InChI is InChI=1S/C25H31N3O3/c1-14(2)27-24(31)28-18-9-7-17(8-10-18)13-26-23(30)21-16(4)11-15(3)20-19(21)12-25(5,6)22(20)29/h7-11,14H,12-13H2,1-6H3,(H,26,30)(H2,27,28,31). The van der Waals surface area contributed by atoms with Crippen molar-refractivity contribution < 1.29 is 14.4 Å². The Morgan fingerprint density at radius 3 is 2.32 bits per heavy atom. The van der Waals surface area contributed by atoms with E-state index in [0.29, 0.717) is 29.8 Å². The molecule has 2 aromatic rings. The number of carbonyl (C=O) groups is 3. The molecule has 0 radical (unpaired) electrons. The number of urea groups is 1. The molecule has 0 saturated carbocycles. The summed E-state index contributed by atoms with van der Waals surface area (Å²) in [5.41, 5.74) is 5.11. The highest BCUT2D eigenvalue weighted by atomic mass is 16.2. The molecule has 1 aliphatic rings. The Hall–Kier alpha value is -3.15. The Morgan fingerprint density at radius 2 is 1.71 bits per heavy atom. The van der Waals surface area contributed by atoms with Crippen LogP contribution in [-0.4, -0.2) is 23.8 Å². The number of nitrogens with one attached hydrogen (secondary N) is 3. The minimum Gasteiger partial charge on any atom is -0.348 e. The van der Waals surface area contributed by atoms with Gasteiger partial charge in [0.1, 0.15) is 0 Å². The third-order valence-corrected chi connectivity index (χ3v) is 5.60. The summed E-state index contributed by atoms with van der Waals surface area (Å²) in [5, 5.41) is 8.53. The maximum Gasteiger partial charge on any atom is 0.319 e. The van der Waals surface area contributed by atoms with Crippen molar-refractivity contribution >= 4 is 23.4 Å². The van der Waals surface area contributed by atoms with Gasteiger partial charge in [-0.1, -0.05) is 32.0 Å². The van der Waals surface area contributed by atoms with E-state index < -0.39 is 5.41 Å². The summed E-state index contributed by atoms with van der Waals surface area (Å²) < 4.78 is 0. The molecule has 6 heteroatoms. The normalized spacial score (nSPS) is 14.4. The number of ketones is 1. The zero-order valence-corrected chi connectivity index (χ0v) is 19.1. The van der Waals surface area contributed by atoms with Gasteiger partial charge in [-0.15, -0.1) is 0 Å². The molecule has 0 bridgehead atoms. The van der Waals surface area contributed by atoms with Gasteiger partial charge in [-0.05, 0) is 68.5 Å². The maximum atomic E-state index is 13.1. The van der Waals surface area contributed by atoms with Crippen LogP contribution in [0.2, 0.25) is 0 Å². The number of amides is 3. The van der Waals surface area contributed by atoms with E-state index in [0.717, 1.165) is 22.3 Å². The van der Waals surface area contributed by atoms with Crippen LogP contribution in [0.4, 0.5) is 10.5 Å². The van der Waals surface area contributed by atoms with Crippen molar-refractivity contribution in [3.8, 4) is 0 Å². The van der Waals surface area contributed by atoms with E-state index in [9.17, 15) is 14.4 Å². The van der Waals surface area contributed by atoms with E-state index in [4.69, 9.17) is 0 Å². The van der Waals surface area contributed by atoms with Gasteiger partial charge in [-0.3, -0.25) is 9.59 Å². The van der Waals surface area contributed by atoms with Gasteiger partial charge >= 0.3 is 6.03 Å². The molecule has 164 valence electrons. The monoisotopic (exact) mass is 421 g/mol. The van der Waals surface area contributed by atoms with Crippen molar-refractivity contribution in [2.24, 2.45) is 5.41 Å². The summed E-state index contributed by atoms with van der Waals surface area (Å²) in [6.45, 7) is 11.9. The molecule has 2 aromatic carbocycles. The predicted molar refractivity (Wildman–Crippen MR) is 123 cm³/mol. The van der Waals surface area contributed by atoms with Crippen LogP contribution in [0.1, 0.15) is 70.7 Å². The Bertz CT molecular complexity index is 1040. The Labute approximate surface area is 183 Å². The molecular weight excluding hydrogens is 390 g/mol. The fourth-order valence-electron chi connectivity index (χ4n) is 4.15. The number of benzene rings is 2. The molecule has 3 N–H and O–H groups in total. The number of anilines is 1. The van der Waals surface area contributed by atoms with Crippen LogP contribution in [0, 0.1) is 19.3 Å². The summed E-state index contributed by atoms with van der Waals surface area (Å²) in [6.07, 6.45) is 0.575. The highest BCUT2D eigenvalue weighted by molar-refractivity contribution is 6.10. The number of carbonyl (C=O) groups excluding carboxylic acids is 3. The quantitative estimate of drug-likeness (QED) is 0.663. The van der Waals surface area contributed by atoms with Crippen LogP contribution in [0.5, 0.6) is 0 Å². The number of fused-ring (bicyclic) bond motifs is 1. The van der Waals surface area contributed by atoms with Crippen molar-refractivity contribution in [3.63, 3.8) is 0 Å². The molecule has 3 amide bonds. The van der Waals surface area contributed by atoms with Gasteiger partial charge in [0.2, 0.25) is 0 Å². The Balaban J connectivity index is 1.71. The van der Waals surface area contributed by atoms with Gasteiger partial charge in [0, 0.05) is 34.8 Å². The Kier molecular flexibility index (Phi) is 6.20. The number of rotatable bonds is 5. The summed E-state index contributed by atoms with van der Waals surface area (Å²) in [6, 6.07) is 9.07. The molecule has 6 nitrogen and oxygen atoms in total. The first-order valence-corrected chi connectivity index (χ1v) is 10.6. The molecular formula is C25H31N3O3. The molecule has 1 aliphatic carbocycles. The van der Waals surface area contributed by atoms with E-state index in [1.54, 1.807) is 12.1 Å². The number of Topliss-reactive ketones (excluding diaryl/α,β-unsaturated/α-hetero) is 1. The van der Waals surface area contributed by atoms with Crippen molar-refractivity contribution in [1.82, 2.24) is 10.6 Å². The fourth-order valence-corrected chi connectivity index (χ4v) is 4.15. The fraction of sp³-hybridized carbons (Fsp3) is 0.400. The predicted octanol–water partition coefficient (Wildman–Crippen LogP) is 4.53. The van der Waals surface area contributed by atoms with Crippen LogP contribution in [0.15, 0.2) is 30.3 Å². The summed E-state index contributed by atoms with van der Waals surface area (Å²) in [4.78, 5) is 37.7. The topological polar surface area (TPSA) is 87.3 Å². The van der Waals surface area contributed by atoms with E-state index in [1.807, 2.05) is 59.7 Å². The average Bonchev–Trinajstić information content (AvgIpc) is 2.89. The second-order valence-electron chi connectivity index (χ2n) is 9.26. The van der Waals surface area contributed by atoms with Crippen LogP contribution < -0.4 is 16.0 Å². The van der Waals surface area contributed by atoms with Gasteiger partial charge < -0.3 is 16.0 Å². The minimum atomic E-state index is -0.486. The van der Waals surface area contributed by atoms with E-state index in [-0.39, 0.29) is 23.8 Å². The van der Waals surface area contributed by atoms with Crippen LogP contribution >= 0.6 is 0 Å². The lowest BCUT2D eigenvalue weighted by Gasteiger charge is -2.15. The molecule has 0 fully saturated rings. The second kappa shape index (κ2) is 8.53. The third-order valence-electron chi connectivity index (χ3n) is 5.60. The zero-order valence-electron chi connectivity index (χ0n) is 19.1. The van der Waals surface area contributed by atoms with Gasteiger partial charge in [0.25, 0.3) is 5.91 Å². The van der Waals surface area contributed by atoms with Crippen LogP contribution in [-0.2, 0) is 13.0 Å². The lowest BCUT2D eigenvalue weighted by molar-refractivity contribution is 0.0861. The maximum absolute atomic E-state index is 13.1. The van der Waals surface area contributed by atoms with Gasteiger partial charge in [-0.25, -0.2) is 4.79 Å². The van der Waals surface area contributed by atoms with E-state index in [1.165, 1.54) is 0 Å². The molecule has 0 aliphatic heterocycles. The number of hydrogen-bond donors (Lipinski definition) is 3. The van der Waals surface area contributed by atoms with E-state index in [2.05, 4.69) is 16.0 Å². The van der Waals surface area contributed by atoms with Gasteiger partial charge in [-0.2, -0.15) is 0 Å². The smallest absolute Gasteiger partial charge is 0.319 e. The first kappa shape index (κ1) is 22.5. The molecule has 0 unspecified atom stereocenters. The van der Waals surface area contributed by atoms with Crippen molar-refractivity contribution in [2.45, 2.75) is 60.5 Å². The minimum absolute atomic E-state index is 0.0574. The molecule has 31 heavy (non-hydrogen) atoms. The molecule has 0 spiro atoms. The highest BCUT2D eigenvalue weighted by Crippen LogP contribution is 2.40. The molecule has 0 aromatic heterocycles. The highest BCUT2D eigenvalue weighted by Gasteiger charge is 2.41.